The number of ether oxygens (including phenoxy) is 2. The normalized spacial score (nSPS) is 11.7. The quantitative estimate of drug-likeness (QED) is 0.630. The van der Waals surface area contributed by atoms with E-state index in [0.717, 1.165) is 40.4 Å². The molecule has 0 bridgehead atoms. The molecule has 1 amide bonds. The summed E-state index contributed by atoms with van der Waals surface area (Å²) < 4.78 is 14.0. The van der Waals surface area contributed by atoms with Crippen molar-refractivity contribution >= 4 is 33.1 Å². The number of carbonyl (C=O) groups excluding carboxylic acids is 1. The molecule has 0 aliphatic heterocycles. The average Bonchev–Trinajstić information content (AvgIpc) is 3.05. The maximum absolute atomic E-state index is 12.8. The van der Waals surface area contributed by atoms with Crippen LogP contribution in [0.15, 0.2) is 41.4 Å². The number of aryl methyl sites for hydroxylation is 1. The van der Waals surface area contributed by atoms with Crippen LogP contribution in [0.25, 0.3) is 10.2 Å². The van der Waals surface area contributed by atoms with Gasteiger partial charge in [-0.3, -0.25) is 4.79 Å². The molecule has 3 rings (SSSR count). The van der Waals surface area contributed by atoms with Crippen LogP contribution in [0.1, 0.15) is 23.7 Å². The third-order valence-electron chi connectivity index (χ3n) is 4.47. The Bertz CT molecular complexity index is 1050. The lowest BCUT2D eigenvalue weighted by atomic mass is 10.2. The molecule has 0 saturated carbocycles. The molecule has 0 radical (unpaired) electrons. The van der Waals surface area contributed by atoms with E-state index in [2.05, 4.69) is 11.9 Å². The van der Waals surface area contributed by atoms with Crippen molar-refractivity contribution in [3.8, 4) is 11.5 Å². The zero-order valence-electron chi connectivity index (χ0n) is 16.9. The monoisotopic (exact) mass is 399 g/mol. The second-order valence-electron chi connectivity index (χ2n) is 6.54. The SMILES string of the molecule is CCCn1c(=NC(=O)c2ccc(N(C)C)cc2)sc2c(OC)ccc(OC)c21. The van der Waals surface area contributed by atoms with Gasteiger partial charge in [-0.05, 0) is 42.8 Å². The molecule has 7 heteroatoms. The summed E-state index contributed by atoms with van der Waals surface area (Å²) in [6, 6.07) is 11.2. The number of amides is 1. The van der Waals surface area contributed by atoms with Gasteiger partial charge < -0.3 is 18.9 Å². The number of fused-ring (bicyclic) bond motifs is 1. The number of hydrogen-bond acceptors (Lipinski definition) is 5. The predicted octanol–water partition coefficient (Wildman–Crippen LogP) is 3.94. The van der Waals surface area contributed by atoms with Crippen molar-refractivity contribution < 1.29 is 14.3 Å². The molecule has 148 valence electrons. The summed E-state index contributed by atoms with van der Waals surface area (Å²) in [6.07, 6.45) is 0.908. The van der Waals surface area contributed by atoms with Gasteiger partial charge in [-0.2, -0.15) is 4.99 Å². The van der Waals surface area contributed by atoms with Gasteiger partial charge in [-0.25, -0.2) is 0 Å². The van der Waals surface area contributed by atoms with Crippen molar-refractivity contribution in [2.45, 2.75) is 19.9 Å². The third-order valence-corrected chi connectivity index (χ3v) is 5.56. The van der Waals surface area contributed by atoms with E-state index in [1.807, 2.05) is 47.8 Å². The molecule has 0 aliphatic rings. The lowest BCUT2D eigenvalue weighted by Gasteiger charge is -2.11. The number of rotatable bonds is 6. The third kappa shape index (κ3) is 3.75. The van der Waals surface area contributed by atoms with E-state index in [1.165, 1.54) is 11.3 Å². The van der Waals surface area contributed by atoms with Crippen LogP contribution in [-0.2, 0) is 6.54 Å². The number of anilines is 1. The van der Waals surface area contributed by atoms with Gasteiger partial charge in [0.2, 0.25) is 0 Å². The van der Waals surface area contributed by atoms with Gasteiger partial charge in [0.15, 0.2) is 4.80 Å². The maximum atomic E-state index is 12.8. The molecule has 2 aromatic carbocycles. The standard InChI is InChI=1S/C21H25N3O3S/c1-6-13-24-18-16(26-4)11-12-17(27-5)19(18)28-21(24)22-20(25)14-7-9-15(10-8-14)23(2)3/h7-12H,6,13H2,1-5H3. The molecule has 0 aliphatic carbocycles. The molecule has 0 unspecified atom stereocenters. The Morgan fingerprint density at radius 1 is 1.07 bits per heavy atom. The first-order valence-corrected chi connectivity index (χ1v) is 9.92. The highest BCUT2D eigenvalue weighted by Gasteiger charge is 2.16. The molecule has 28 heavy (non-hydrogen) atoms. The van der Waals surface area contributed by atoms with E-state index in [4.69, 9.17) is 9.47 Å². The minimum absolute atomic E-state index is 0.264. The van der Waals surface area contributed by atoms with Crippen molar-refractivity contribution in [2.24, 2.45) is 4.99 Å². The predicted molar refractivity (Wildman–Crippen MR) is 114 cm³/mol. The Hall–Kier alpha value is -2.80. The van der Waals surface area contributed by atoms with Crippen molar-refractivity contribution in [3.05, 3.63) is 46.8 Å². The summed E-state index contributed by atoms with van der Waals surface area (Å²) >= 11 is 1.44. The second-order valence-corrected chi connectivity index (χ2v) is 7.52. The fourth-order valence-electron chi connectivity index (χ4n) is 3.02. The molecule has 3 aromatic rings. The van der Waals surface area contributed by atoms with Crippen molar-refractivity contribution in [2.75, 3.05) is 33.2 Å². The van der Waals surface area contributed by atoms with Gasteiger partial charge in [0, 0.05) is 31.9 Å². The molecule has 0 spiro atoms. The minimum Gasteiger partial charge on any atom is -0.495 e. The largest absolute Gasteiger partial charge is 0.495 e. The van der Waals surface area contributed by atoms with E-state index < -0.39 is 0 Å². The molecule has 0 saturated heterocycles. The molecule has 0 atom stereocenters. The fourth-order valence-corrected chi connectivity index (χ4v) is 4.19. The van der Waals surface area contributed by atoms with E-state index in [1.54, 1.807) is 26.4 Å². The van der Waals surface area contributed by atoms with Gasteiger partial charge in [0.25, 0.3) is 5.91 Å². The first-order valence-electron chi connectivity index (χ1n) is 9.10. The Morgan fingerprint density at radius 2 is 1.71 bits per heavy atom. The van der Waals surface area contributed by atoms with Crippen LogP contribution in [0.3, 0.4) is 0 Å². The summed E-state index contributed by atoms with van der Waals surface area (Å²) in [5, 5.41) is 0. The van der Waals surface area contributed by atoms with Crippen molar-refractivity contribution in [1.29, 1.82) is 0 Å². The van der Waals surface area contributed by atoms with Gasteiger partial charge in [-0.15, -0.1) is 0 Å². The van der Waals surface area contributed by atoms with Crippen LogP contribution >= 0.6 is 11.3 Å². The average molecular weight is 400 g/mol. The Balaban J connectivity index is 2.15. The van der Waals surface area contributed by atoms with Crippen LogP contribution in [0, 0.1) is 0 Å². The van der Waals surface area contributed by atoms with Crippen LogP contribution in [0.4, 0.5) is 5.69 Å². The summed E-state index contributed by atoms with van der Waals surface area (Å²) in [5.74, 6) is 1.22. The maximum Gasteiger partial charge on any atom is 0.279 e. The topological polar surface area (TPSA) is 56.1 Å². The second kappa shape index (κ2) is 8.48. The van der Waals surface area contributed by atoms with Crippen molar-refractivity contribution in [3.63, 3.8) is 0 Å². The minimum atomic E-state index is -0.264. The number of nitrogens with zero attached hydrogens (tertiary/aromatic N) is 3. The molecule has 0 fully saturated rings. The van der Waals surface area contributed by atoms with E-state index in [-0.39, 0.29) is 5.91 Å². The zero-order chi connectivity index (χ0) is 20.3. The Labute approximate surface area is 168 Å². The van der Waals surface area contributed by atoms with Crippen molar-refractivity contribution in [1.82, 2.24) is 4.57 Å². The molecular formula is C21H25N3O3S. The highest BCUT2D eigenvalue weighted by atomic mass is 32.1. The Morgan fingerprint density at radius 3 is 2.29 bits per heavy atom. The molecular weight excluding hydrogens is 374 g/mol. The fraction of sp³-hybridized carbons (Fsp3) is 0.333. The smallest absolute Gasteiger partial charge is 0.279 e. The van der Waals surface area contributed by atoms with Gasteiger partial charge in [-0.1, -0.05) is 18.3 Å². The van der Waals surface area contributed by atoms with E-state index >= 15 is 0 Å². The van der Waals surface area contributed by atoms with Gasteiger partial charge in [0.05, 0.1) is 14.2 Å². The van der Waals surface area contributed by atoms with Gasteiger partial charge >= 0.3 is 0 Å². The number of benzene rings is 2. The highest BCUT2D eigenvalue weighted by molar-refractivity contribution is 7.16. The van der Waals surface area contributed by atoms with Crippen LogP contribution < -0.4 is 19.2 Å². The lowest BCUT2D eigenvalue weighted by molar-refractivity contribution is 0.0998. The number of carbonyl (C=O) groups is 1. The first kappa shape index (κ1) is 19.9. The summed E-state index contributed by atoms with van der Waals surface area (Å²) in [6.45, 7) is 2.82. The summed E-state index contributed by atoms with van der Waals surface area (Å²) in [5.41, 5.74) is 2.50. The number of aromatic nitrogens is 1. The van der Waals surface area contributed by atoms with E-state index in [0.29, 0.717) is 10.4 Å². The summed E-state index contributed by atoms with van der Waals surface area (Å²) in [4.78, 5) is 19.8. The number of hydrogen-bond donors (Lipinski definition) is 0. The van der Waals surface area contributed by atoms with Crippen LogP contribution in [-0.4, -0.2) is 38.8 Å². The summed E-state index contributed by atoms with van der Waals surface area (Å²) in [7, 11) is 7.21. The van der Waals surface area contributed by atoms with Crippen LogP contribution in [0.5, 0.6) is 11.5 Å². The Kier molecular flexibility index (Phi) is 6.04. The van der Waals surface area contributed by atoms with Crippen LogP contribution in [0.2, 0.25) is 0 Å². The molecule has 6 nitrogen and oxygen atoms in total. The number of methoxy groups -OCH3 is 2. The first-order chi connectivity index (χ1) is 13.5. The molecule has 1 aromatic heterocycles. The van der Waals surface area contributed by atoms with Gasteiger partial charge in [0.1, 0.15) is 21.7 Å². The highest BCUT2D eigenvalue weighted by Crippen LogP contribution is 2.35. The number of thiazole rings is 1. The zero-order valence-corrected chi connectivity index (χ0v) is 17.7. The lowest BCUT2D eigenvalue weighted by Crippen LogP contribution is -2.17. The molecule has 1 heterocycles. The molecule has 0 N–H and O–H groups in total. The van der Waals surface area contributed by atoms with E-state index in [9.17, 15) is 4.79 Å².